The molecule has 15 rings (SSSR count). The van der Waals surface area contributed by atoms with Crippen molar-refractivity contribution in [3.05, 3.63) is 198 Å². The molecular weight excluding hydrogens is 974 g/mol. The van der Waals surface area contributed by atoms with Gasteiger partial charge in [-0.05, 0) is 135 Å². The maximum atomic E-state index is 7.11. The van der Waals surface area contributed by atoms with Gasteiger partial charge in [0.25, 0.3) is 6.71 Å². The van der Waals surface area contributed by atoms with E-state index in [1.165, 1.54) is 79.7 Å². The highest BCUT2D eigenvalue weighted by molar-refractivity contribution is 7.00. The van der Waals surface area contributed by atoms with Crippen molar-refractivity contribution < 1.29 is 8.83 Å². The molecule has 9 aromatic carbocycles. The van der Waals surface area contributed by atoms with Crippen LogP contribution in [0.3, 0.4) is 0 Å². The summed E-state index contributed by atoms with van der Waals surface area (Å²) in [5.74, 6) is 0. The van der Waals surface area contributed by atoms with Crippen LogP contribution >= 0.6 is 0 Å². The molecule has 3 aliphatic heterocycles. The Morgan fingerprint density at radius 2 is 0.988 bits per heavy atom. The predicted molar refractivity (Wildman–Crippen MR) is 339 cm³/mol. The standard InChI is InChI=1S/C74H70BN3O2/c1-70(2,3)46-30-33-58(53(38-46)45-22-13-12-14-23-45)76-62-44-67-54(51-25-16-17-28-65(51)79-67)43-57(62)75-56-40-48(72(7,8)9)32-35-60(56)77(61-27-21-26-52-50-24-15-18-29-66(50)80-69(52)61)64-42-49(41-63(76)68(64)75)78-59-34-31-47(71(4,5)6)39-55(59)73(10)36-19-20-37-74(73,78)11/h12-18,21-35,38-44H,19-20,36-37H2,1-11H3. The number of hydrogen-bond donors (Lipinski definition) is 0. The van der Waals surface area contributed by atoms with Crippen LogP contribution in [0.5, 0.6) is 0 Å². The summed E-state index contributed by atoms with van der Waals surface area (Å²) >= 11 is 0. The fraction of sp³-hybridized carbons (Fsp3) is 0.270. The van der Waals surface area contributed by atoms with Gasteiger partial charge in [0.2, 0.25) is 0 Å². The quantitative estimate of drug-likeness (QED) is 0.164. The lowest BCUT2D eigenvalue weighted by Gasteiger charge is -2.51. The smallest absolute Gasteiger partial charge is 0.252 e. The lowest BCUT2D eigenvalue weighted by atomic mass is 9.33. The van der Waals surface area contributed by atoms with Crippen LogP contribution in [0.2, 0.25) is 0 Å². The highest BCUT2D eigenvalue weighted by Gasteiger charge is 2.58. The molecule has 2 aromatic heterocycles. The molecule has 0 bridgehead atoms. The number of anilines is 8. The molecule has 0 saturated heterocycles. The van der Waals surface area contributed by atoms with Gasteiger partial charge in [0.1, 0.15) is 16.7 Å². The third-order valence-electron chi connectivity index (χ3n) is 19.5. The van der Waals surface area contributed by atoms with Crippen LogP contribution < -0.4 is 31.1 Å². The van der Waals surface area contributed by atoms with Crippen molar-refractivity contribution in [2.75, 3.05) is 14.7 Å². The second kappa shape index (κ2) is 16.8. The second-order valence-electron chi connectivity index (χ2n) is 27.3. The molecule has 2 unspecified atom stereocenters. The Bertz CT molecular complexity index is 4390. The maximum Gasteiger partial charge on any atom is 0.252 e. The molecule has 396 valence electrons. The van der Waals surface area contributed by atoms with E-state index in [2.05, 4.69) is 267 Å². The monoisotopic (exact) mass is 1040 g/mol. The largest absolute Gasteiger partial charge is 0.456 e. The number of furan rings is 2. The van der Waals surface area contributed by atoms with Crippen molar-refractivity contribution >= 4 is 112 Å². The van der Waals surface area contributed by atoms with E-state index >= 15 is 0 Å². The van der Waals surface area contributed by atoms with E-state index in [0.717, 1.165) is 85.2 Å². The molecule has 5 heterocycles. The number of para-hydroxylation sites is 3. The topological polar surface area (TPSA) is 36.0 Å². The van der Waals surface area contributed by atoms with E-state index in [0.29, 0.717) is 0 Å². The predicted octanol–water partition coefficient (Wildman–Crippen LogP) is 18.9. The van der Waals surface area contributed by atoms with Gasteiger partial charge in [-0.3, -0.25) is 0 Å². The highest BCUT2D eigenvalue weighted by Crippen LogP contribution is 2.63. The van der Waals surface area contributed by atoms with Gasteiger partial charge in [0.15, 0.2) is 5.58 Å². The first kappa shape index (κ1) is 49.1. The number of hydrogen-bond acceptors (Lipinski definition) is 5. The molecule has 0 spiro atoms. The van der Waals surface area contributed by atoms with E-state index < -0.39 is 0 Å². The third-order valence-corrected chi connectivity index (χ3v) is 19.5. The molecule has 1 aliphatic carbocycles. The number of rotatable bonds is 4. The highest BCUT2D eigenvalue weighted by atomic mass is 16.3. The molecule has 0 N–H and O–H groups in total. The first-order chi connectivity index (χ1) is 38.3. The van der Waals surface area contributed by atoms with Gasteiger partial charge >= 0.3 is 0 Å². The summed E-state index contributed by atoms with van der Waals surface area (Å²) < 4.78 is 14.1. The summed E-state index contributed by atoms with van der Waals surface area (Å²) in [5, 5.41) is 4.48. The first-order valence-corrected chi connectivity index (χ1v) is 29.2. The Kier molecular flexibility index (Phi) is 10.3. The Balaban J connectivity index is 1.12. The summed E-state index contributed by atoms with van der Waals surface area (Å²) in [4.78, 5) is 8.02. The zero-order valence-electron chi connectivity index (χ0n) is 48.3. The van der Waals surface area contributed by atoms with E-state index in [1.807, 2.05) is 0 Å². The fourth-order valence-electron chi connectivity index (χ4n) is 14.9. The van der Waals surface area contributed by atoms with Crippen LogP contribution in [0.1, 0.15) is 124 Å². The second-order valence-corrected chi connectivity index (χ2v) is 27.3. The molecule has 11 aromatic rings. The van der Waals surface area contributed by atoms with E-state index in [-0.39, 0.29) is 33.9 Å². The van der Waals surface area contributed by atoms with Gasteiger partial charge < -0.3 is 23.5 Å². The SMILES string of the molecule is CC(C)(C)c1ccc2c(c1)B1c3cc4c(cc3N(c3ccc(C(C)(C)C)cc3-c3ccccc3)c3cc(N5c6ccc(C(C)(C)C)cc6C6(C)CCCCC56C)cc(c31)N2c1cccc2c1oc1ccccc12)oc1ccccc14. The number of fused-ring (bicyclic) bond motifs is 13. The minimum Gasteiger partial charge on any atom is -0.456 e. The molecule has 5 nitrogen and oxygen atoms in total. The molecule has 0 radical (unpaired) electrons. The summed E-state index contributed by atoms with van der Waals surface area (Å²) in [6.45, 7) is 26.1. The van der Waals surface area contributed by atoms with Gasteiger partial charge in [-0.25, -0.2) is 0 Å². The van der Waals surface area contributed by atoms with Crippen LogP contribution in [0.15, 0.2) is 185 Å². The molecule has 1 saturated carbocycles. The number of benzene rings is 9. The summed E-state index contributed by atoms with van der Waals surface area (Å²) in [6.07, 6.45) is 4.62. The molecule has 0 amide bonds. The molecule has 2 atom stereocenters. The summed E-state index contributed by atoms with van der Waals surface area (Å²) in [5.41, 5.74) is 24.0. The fourth-order valence-corrected chi connectivity index (χ4v) is 14.9. The van der Waals surface area contributed by atoms with Crippen molar-refractivity contribution in [3.63, 3.8) is 0 Å². The van der Waals surface area contributed by atoms with E-state index in [4.69, 9.17) is 8.83 Å². The minimum absolute atomic E-state index is 0.00541. The zero-order valence-corrected chi connectivity index (χ0v) is 48.3. The van der Waals surface area contributed by atoms with E-state index in [1.54, 1.807) is 0 Å². The van der Waals surface area contributed by atoms with Crippen LogP contribution in [0, 0.1) is 0 Å². The maximum absolute atomic E-state index is 7.11. The molecular formula is C74H70BN3O2. The van der Waals surface area contributed by atoms with Crippen molar-refractivity contribution in [2.24, 2.45) is 0 Å². The van der Waals surface area contributed by atoms with Crippen LogP contribution in [0.25, 0.3) is 55.0 Å². The van der Waals surface area contributed by atoms with Crippen LogP contribution in [-0.2, 0) is 21.7 Å². The average Bonchev–Trinajstić information content (AvgIpc) is 3.94. The van der Waals surface area contributed by atoms with Gasteiger partial charge in [0.05, 0.1) is 16.9 Å². The molecule has 6 heteroatoms. The van der Waals surface area contributed by atoms with Gasteiger partial charge in [-0.1, -0.05) is 197 Å². The average molecular weight is 1040 g/mol. The van der Waals surface area contributed by atoms with Crippen molar-refractivity contribution in [2.45, 2.75) is 129 Å². The van der Waals surface area contributed by atoms with Gasteiger partial charge in [0, 0.05) is 72.7 Å². The van der Waals surface area contributed by atoms with Crippen molar-refractivity contribution in [1.29, 1.82) is 0 Å². The summed E-state index contributed by atoms with van der Waals surface area (Å²) in [6, 6.07) is 67.0. The summed E-state index contributed by atoms with van der Waals surface area (Å²) in [7, 11) is 0. The normalized spacial score (nSPS) is 18.7. The van der Waals surface area contributed by atoms with Crippen LogP contribution in [0.4, 0.5) is 45.5 Å². The Morgan fingerprint density at radius 1 is 0.425 bits per heavy atom. The lowest BCUT2D eigenvalue weighted by Crippen LogP contribution is -2.61. The minimum atomic E-state index is -0.219. The Morgan fingerprint density at radius 3 is 1.69 bits per heavy atom. The Hall–Kier alpha value is -7.96. The molecule has 4 aliphatic rings. The van der Waals surface area contributed by atoms with E-state index in [9.17, 15) is 0 Å². The van der Waals surface area contributed by atoms with Gasteiger partial charge in [-0.2, -0.15) is 0 Å². The molecule has 80 heavy (non-hydrogen) atoms. The van der Waals surface area contributed by atoms with Crippen molar-refractivity contribution in [3.8, 4) is 11.1 Å². The first-order valence-electron chi connectivity index (χ1n) is 29.2. The lowest BCUT2D eigenvalue weighted by molar-refractivity contribution is 0.195. The Labute approximate surface area is 471 Å². The third kappa shape index (κ3) is 6.96. The van der Waals surface area contributed by atoms with Crippen LogP contribution in [-0.4, -0.2) is 12.3 Å². The van der Waals surface area contributed by atoms with Gasteiger partial charge in [-0.15, -0.1) is 0 Å². The zero-order chi connectivity index (χ0) is 55.0. The molecule has 1 fully saturated rings. The van der Waals surface area contributed by atoms with Crippen molar-refractivity contribution in [1.82, 2.24) is 0 Å². The number of nitrogens with zero attached hydrogens (tertiary/aromatic N) is 3.